The Hall–Kier alpha value is -2.51. The molecule has 0 atom stereocenters. The molecule has 0 aromatic carbocycles. The molecule has 8 heteroatoms. The molecule has 116 valence electrons. The molecule has 1 aromatic rings. The molecule has 0 unspecified atom stereocenters. The van der Waals surface area contributed by atoms with Crippen LogP contribution in [0.1, 0.15) is 32.3 Å². The minimum absolute atomic E-state index is 0.0327. The number of hydrogen-bond acceptors (Lipinski definition) is 6. The molecule has 0 aliphatic heterocycles. The number of carboxylic acids is 1. The number of carbonyl (C=O) groups excluding carboxylic acids is 1. The van der Waals surface area contributed by atoms with Crippen LogP contribution in [0, 0.1) is 0 Å². The molecule has 1 amide bonds. The summed E-state index contributed by atoms with van der Waals surface area (Å²) >= 11 is 0. The Morgan fingerprint density at radius 2 is 2.05 bits per heavy atom. The van der Waals surface area contributed by atoms with E-state index in [-0.39, 0.29) is 18.0 Å². The number of furan rings is 1. The lowest BCUT2D eigenvalue weighted by Gasteiger charge is -2.19. The van der Waals surface area contributed by atoms with E-state index in [2.05, 4.69) is 15.3 Å². The van der Waals surface area contributed by atoms with Crippen LogP contribution in [0.25, 0.3) is 0 Å². The van der Waals surface area contributed by atoms with Gasteiger partial charge < -0.3 is 24.4 Å². The molecular formula is C13H18N2O6. The van der Waals surface area contributed by atoms with Crippen molar-refractivity contribution in [3.05, 3.63) is 23.7 Å². The second-order valence-electron chi connectivity index (χ2n) is 5.05. The Labute approximate surface area is 121 Å². The topological polar surface area (TPSA) is 110 Å². The van der Waals surface area contributed by atoms with Gasteiger partial charge in [0.05, 0.1) is 6.54 Å². The number of nitrogens with zero attached hydrogens (tertiary/aromatic N) is 1. The van der Waals surface area contributed by atoms with Crippen molar-refractivity contribution in [2.24, 2.45) is 5.16 Å². The van der Waals surface area contributed by atoms with Crippen LogP contribution in [0.15, 0.2) is 21.7 Å². The molecule has 0 radical (unpaired) electrons. The minimum Gasteiger partial charge on any atom is -0.476 e. The minimum atomic E-state index is -1.28. The van der Waals surface area contributed by atoms with Crippen molar-refractivity contribution in [1.82, 2.24) is 5.32 Å². The second-order valence-corrected chi connectivity index (χ2v) is 5.05. The summed E-state index contributed by atoms with van der Waals surface area (Å²) < 4.78 is 10.3. The van der Waals surface area contributed by atoms with Crippen LogP contribution >= 0.6 is 0 Å². The van der Waals surface area contributed by atoms with Crippen molar-refractivity contribution in [2.75, 3.05) is 7.11 Å². The first-order valence-electron chi connectivity index (χ1n) is 6.13. The van der Waals surface area contributed by atoms with Crippen LogP contribution in [0.5, 0.6) is 0 Å². The van der Waals surface area contributed by atoms with Gasteiger partial charge in [0.15, 0.2) is 5.76 Å². The van der Waals surface area contributed by atoms with Crippen LogP contribution in [0.3, 0.4) is 0 Å². The van der Waals surface area contributed by atoms with Gasteiger partial charge in [-0.05, 0) is 32.9 Å². The first-order valence-corrected chi connectivity index (χ1v) is 6.13. The standard InChI is InChI=1S/C13H18N2O6/c1-13(2,3)21-12(18)14-7-8-5-6-9(20-8)10(11(16)17)15-19-4/h5-6H,7H2,1-4H3,(H,14,18)(H,16,17)/b15-10-. The molecule has 0 spiro atoms. The monoisotopic (exact) mass is 298 g/mol. The number of amides is 1. The number of carboxylic acid groups (broad SMARTS) is 1. The summed E-state index contributed by atoms with van der Waals surface area (Å²) in [5, 5.41) is 14.8. The Kier molecular flexibility index (Phi) is 5.34. The Bertz CT molecular complexity index is 541. The quantitative estimate of drug-likeness (QED) is 0.632. The maximum atomic E-state index is 11.5. The fourth-order valence-corrected chi connectivity index (χ4v) is 1.35. The summed E-state index contributed by atoms with van der Waals surface area (Å²) in [7, 11) is 1.23. The van der Waals surface area contributed by atoms with Crippen LogP contribution in [-0.2, 0) is 20.9 Å². The number of ether oxygens (including phenoxy) is 1. The number of carbonyl (C=O) groups is 2. The average molecular weight is 298 g/mol. The third kappa shape index (κ3) is 5.55. The molecule has 8 nitrogen and oxygen atoms in total. The van der Waals surface area contributed by atoms with Crippen LogP contribution in [-0.4, -0.2) is 35.6 Å². The van der Waals surface area contributed by atoms with E-state index in [1.54, 1.807) is 20.8 Å². The molecule has 0 bridgehead atoms. The molecule has 21 heavy (non-hydrogen) atoms. The van der Waals surface area contributed by atoms with Crippen molar-refractivity contribution in [1.29, 1.82) is 0 Å². The Morgan fingerprint density at radius 1 is 1.38 bits per heavy atom. The van der Waals surface area contributed by atoms with E-state index < -0.39 is 17.7 Å². The van der Waals surface area contributed by atoms with Crippen molar-refractivity contribution >= 4 is 17.8 Å². The number of alkyl carbamates (subject to hydrolysis) is 1. The van der Waals surface area contributed by atoms with Crippen LogP contribution < -0.4 is 5.32 Å². The third-order valence-electron chi connectivity index (χ3n) is 2.09. The third-order valence-corrected chi connectivity index (χ3v) is 2.09. The summed E-state index contributed by atoms with van der Waals surface area (Å²) in [4.78, 5) is 26.9. The molecule has 0 aliphatic rings. The van der Waals surface area contributed by atoms with Gasteiger partial charge in [-0.15, -0.1) is 0 Å². The first kappa shape index (κ1) is 16.5. The van der Waals surface area contributed by atoms with Gasteiger partial charge in [0.25, 0.3) is 0 Å². The number of nitrogens with one attached hydrogen (secondary N) is 1. The van der Waals surface area contributed by atoms with Gasteiger partial charge in [0, 0.05) is 0 Å². The lowest BCUT2D eigenvalue weighted by atomic mass is 10.2. The van der Waals surface area contributed by atoms with Gasteiger partial charge in [0.1, 0.15) is 18.5 Å². The van der Waals surface area contributed by atoms with Gasteiger partial charge in [-0.3, -0.25) is 0 Å². The maximum Gasteiger partial charge on any atom is 0.408 e. The van der Waals surface area contributed by atoms with E-state index in [9.17, 15) is 9.59 Å². The molecule has 0 saturated heterocycles. The summed E-state index contributed by atoms with van der Waals surface area (Å²) in [6.07, 6.45) is -0.593. The van der Waals surface area contributed by atoms with E-state index in [0.29, 0.717) is 5.76 Å². The van der Waals surface area contributed by atoms with E-state index in [0.717, 1.165) is 0 Å². The van der Waals surface area contributed by atoms with E-state index in [4.69, 9.17) is 14.3 Å². The summed E-state index contributed by atoms with van der Waals surface area (Å²) in [6, 6.07) is 2.96. The molecule has 0 aliphatic carbocycles. The average Bonchev–Trinajstić information content (AvgIpc) is 2.79. The lowest BCUT2D eigenvalue weighted by Crippen LogP contribution is -2.32. The molecule has 1 rings (SSSR count). The van der Waals surface area contributed by atoms with Crippen molar-refractivity contribution < 1.29 is 28.7 Å². The fourth-order valence-electron chi connectivity index (χ4n) is 1.35. The predicted octanol–water partition coefficient (Wildman–Crippen LogP) is 1.74. The number of aliphatic carboxylic acids is 1. The molecule has 1 aromatic heterocycles. The van der Waals surface area contributed by atoms with E-state index >= 15 is 0 Å². The highest BCUT2D eigenvalue weighted by molar-refractivity contribution is 6.41. The highest BCUT2D eigenvalue weighted by atomic mass is 16.6. The largest absolute Gasteiger partial charge is 0.476 e. The lowest BCUT2D eigenvalue weighted by molar-refractivity contribution is -0.129. The SMILES string of the molecule is CO/N=C(\C(=O)O)c1ccc(CNC(=O)OC(C)(C)C)o1. The van der Waals surface area contributed by atoms with Gasteiger partial charge >= 0.3 is 12.1 Å². The normalized spacial score (nSPS) is 11.9. The summed E-state index contributed by atoms with van der Waals surface area (Å²) in [5.74, 6) is -0.885. The van der Waals surface area contributed by atoms with Gasteiger partial charge in [0.2, 0.25) is 5.71 Å². The molecule has 0 fully saturated rings. The molecule has 1 heterocycles. The highest BCUT2D eigenvalue weighted by Crippen LogP contribution is 2.11. The Morgan fingerprint density at radius 3 is 2.57 bits per heavy atom. The fraction of sp³-hybridized carbons (Fsp3) is 0.462. The highest BCUT2D eigenvalue weighted by Gasteiger charge is 2.19. The zero-order valence-corrected chi connectivity index (χ0v) is 12.3. The summed E-state index contributed by atoms with van der Waals surface area (Å²) in [5.41, 5.74) is -0.957. The molecular weight excluding hydrogens is 280 g/mol. The zero-order chi connectivity index (χ0) is 16.0. The zero-order valence-electron chi connectivity index (χ0n) is 12.3. The first-order chi connectivity index (χ1) is 9.73. The van der Waals surface area contributed by atoms with Crippen molar-refractivity contribution in [3.63, 3.8) is 0 Å². The van der Waals surface area contributed by atoms with E-state index in [1.807, 2.05) is 0 Å². The number of hydrogen-bond donors (Lipinski definition) is 2. The van der Waals surface area contributed by atoms with Crippen LogP contribution in [0.4, 0.5) is 4.79 Å². The van der Waals surface area contributed by atoms with Crippen LogP contribution in [0.2, 0.25) is 0 Å². The van der Waals surface area contributed by atoms with Crippen molar-refractivity contribution in [2.45, 2.75) is 32.9 Å². The van der Waals surface area contributed by atoms with Gasteiger partial charge in [-0.1, -0.05) is 5.16 Å². The molecule has 2 N–H and O–H groups in total. The van der Waals surface area contributed by atoms with Gasteiger partial charge in [-0.25, -0.2) is 9.59 Å². The summed E-state index contributed by atoms with van der Waals surface area (Å²) in [6.45, 7) is 5.31. The van der Waals surface area contributed by atoms with E-state index in [1.165, 1.54) is 19.2 Å². The van der Waals surface area contributed by atoms with Gasteiger partial charge in [-0.2, -0.15) is 0 Å². The van der Waals surface area contributed by atoms with Crippen molar-refractivity contribution in [3.8, 4) is 0 Å². The maximum absolute atomic E-state index is 11.5. The molecule has 0 saturated carbocycles. The smallest absolute Gasteiger partial charge is 0.408 e. The second kappa shape index (κ2) is 6.78. The Balaban J connectivity index is 2.66. The number of oxime groups is 1. The number of rotatable bonds is 5. The predicted molar refractivity (Wildman–Crippen MR) is 73.0 cm³/mol.